The lowest BCUT2D eigenvalue weighted by Gasteiger charge is -2.33. The monoisotopic (exact) mass is 821 g/mol. The lowest BCUT2D eigenvalue weighted by Crippen LogP contribution is -2.59. The first-order valence-electron chi connectivity index (χ1n) is 19.4. The lowest BCUT2D eigenvalue weighted by atomic mass is 9.88. The van der Waals surface area contributed by atoms with Crippen LogP contribution in [0.15, 0.2) is 42.6 Å². The Hall–Kier alpha value is -4.61. The molecule has 8 atom stereocenters. The molecule has 4 amide bonds. The molecular formula is C39H50F3N5O9S. The molecule has 0 bridgehead atoms. The predicted molar refractivity (Wildman–Crippen MR) is 201 cm³/mol. The SMILES string of the molecule is CCOc1cnc(O[C@@H]2C[C@H]3C(=O)N[C@]4(C(=O)NS(=O)(=O)C5(C)CC5)C[C@H]4/C=C\CC[C@@H](C)C[C@@H](C)[C@H](NC(=O)O[C@H](C)C(F)(F)F)C(=O)N3C2)c2ccccc12. The number of benzene rings is 1. The minimum Gasteiger partial charge on any atom is -0.492 e. The van der Waals surface area contributed by atoms with Crippen molar-refractivity contribution in [2.45, 2.75) is 120 Å². The number of alkyl carbamates (subject to hydrolysis) is 1. The van der Waals surface area contributed by atoms with Crippen LogP contribution in [0, 0.1) is 17.8 Å². The van der Waals surface area contributed by atoms with E-state index in [4.69, 9.17) is 9.47 Å². The van der Waals surface area contributed by atoms with Crippen molar-refractivity contribution < 1.29 is 55.0 Å². The van der Waals surface area contributed by atoms with Gasteiger partial charge in [-0.15, -0.1) is 0 Å². The number of halogens is 3. The molecule has 4 aliphatic rings. The molecule has 2 saturated carbocycles. The highest BCUT2D eigenvalue weighted by molar-refractivity contribution is 7.91. The van der Waals surface area contributed by atoms with Crippen molar-refractivity contribution >= 4 is 44.6 Å². The number of allylic oxidation sites excluding steroid dienone is 1. The van der Waals surface area contributed by atoms with Gasteiger partial charge in [0, 0.05) is 23.1 Å². The summed E-state index contributed by atoms with van der Waals surface area (Å²) in [4.78, 5) is 61.6. The number of carbonyl (C=O) groups is 4. The molecule has 0 spiro atoms. The number of ether oxygens (including phenoxy) is 3. The summed E-state index contributed by atoms with van der Waals surface area (Å²) in [6.45, 7) is 7.85. The molecule has 18 heteroatoms. The molecule has 312 valence electrons. The van der Waals surface area contributed by atoms with Gasteiger partial charge in [0.1, 0.15) is 29.5 Å². The molecule has 3 fully saturated rings. The second-order valence-electron chi connectivity index (χ2n) is 16.1. The Kier molecular flexibility index (Phi) is 11.8. The summed E-state index contributed by atoms with van der Waals surface area (Å²) in [5, 5.41) is 6.46. The molecule has 14 nitrogen and oxygen atoms in total. The third kappa shape index (κ3) is 8.94. The Morgan fingerprint density at radius 3 is 2.49 bits per heavy atom. The van der Waals surface area contributed by atoms with Crippen LogP contribution >= 0.6 is 0 Å². The minimum absolute atomic E-state index is 0.0297. The Morgan fingerprint density at radius 2 is 1.82 bits per heavy atom. The number of hydrogen-bond donors (Lipinski definition) is 3. The van der Waals surface area contributed by atoms with Crippen LogP contribution in [0.2, 0.25) is 0 Å². The van der Waals surface area contributed by atoms with Crippen molar-refractivity contribution in [2.24, 2.45) is 17.8 Å². The second kappa shape index (κ2) is 16.0. The molecular weight excluding hydrogens is 772 g/mol. The van der Waals surface area contributed by atoms with Gasteiger partial charge in [-0.3, -0.25) is 19.1 Å². The number of nitrogens with zero attached hydrogens (tertiary/aromatic N) is 2. The Labute approximate surface area is 329 Å². The van der Waals surface area contributed by atoms with Gasteiger partial charge in [0.2, 0.25) is 27.7 Å². The zero-order valence-electron chi connectivity index (χ0n) is 32.6. The van der Waals surface area contributed by atoms with Crippen LogP contribution in [-0.2, 0) is 29.1 Å². The van der Waals surface area contributed by atoms with Gasteiger partial charge in [0.25, 0.3) is 5.91 Å². The standard InChI is InChI=1S/C39H50F3N5O9S/c1-6-54-30-20-43-33(28-14-10-9-13-27(28)30)56-26-18-29-32(48)45-38(35(50)46-57(52,53)37(5)15-16-37)19-25(38)12-8-7-11-22(2)17-23(3)31(34(49)47(29)21-26)44-36(51)55-24(4)39(40,41)42/h8-10,12-14,20,22-26,29,31H,6-7,11,15-19,21H2,1-5H3,(H,44,51)(H,45,48)(H,46,50)/b12-8-/t22-,23-,24-,25-,26-,29+,31+,38-/m1/s1. The minimum atomic E-state index is -4.85. The number of alkyl halides is 3. The number of sulfonamides is 1. The number of nitrogens with one attached hydrogen (secondary N) is 3. The largest absolute Gasteiger partial charge is 0.492 e. The van der Waals surface area contributed by atoms with Crippen LogP contribution in [0.5, 0.6) is 11.6 Å². The predicted octanol–water partition coefficient (Wildman–Crippen LogP) is 4.91. The molecule has 2 aliphatic carbocycles. The van der Waals surface area contributed by atoms with E-state index in [-0.39, 0.29) is 31.2 Å². The van der Waals surface area contributed by atoms with E-state index in [1.165, 1.54) is 18.0 Å². The van der Waals surface area contributed by atoms with Crippen LogP contribution in [0.3, 0.4) is 0 Å². The van der Waals surface area contributed by atoms with Gasteiger partial charge in [0.05, 0.1) is 24.1 Å². The van der Waals surface area contributed by atoms with E-state index < -0.39 is 86.4 Å². The smallest absolute Gasteiger partial charge is 0.425 e. The second-order valence-corrected chi connectivity index (χ2v) is 18.3. The lowest BCUT2D eigenvalue weighted by molar-refractivity contribution is -0.197. The molecule has 0 unspecified atom stereocenters. The topological polar surface area (TPSA) is 182 Å². The molecule has 1 aromatic heterocycles. The number of fused-ring (bicyclic) bond motifs is 3. The zero-order valence-corrected chi connectivity index (χ0v) is 33.4. The summed E-state index contributed by atoms with van der Waals surface area (Å²) in [7, 11) is -4.07. The number of aromatic nitrogens is 1. The van der Waals surface area contributed by atoms with Gasteiger partial charge in [-0.05, 0) is 77.2 Å². The maximum atomic E-state index is 14.7. The zero-order chi connectivity index (χ0) is 41.5. The van der Waals surface area contributed by atoms with Gasteiger partial charge >= 0.3 is 12.3 Å². The number of carbonyl (C=O) groups excluding carboxylic acids is 4. The van der Waals surface area contributed by atoms with Gasteiger partial charge in [0.15, 0.2) is 6.10 Å². The van der Waals surface area contributed by atoms with E-state index in [0.29, 0.717) is 62.2 Å². The van der Waals surface area contributed by atoms with E-state index in [2.05, 4.69) is 25.1 Å². The Balaban J connectivity index is 1.35. The van der Waals surface area contributed by atoms with Crippen LogP contribution in [0.1, 0.15) is 79.6 Å². The van der Waals surface area contributed by atoms with E-state index in [9.17, 15) is 40.8 Å². The van der Waals surface area contributed by atoms with Crippen molar-refractivity contribution in [3.8, 4) is 11.6 Å². The average molecular weight is 822 g/mol. The number of hydrogen-bond acceptors (Lipinski definition) is 10. The molecule has 2 aliphatic heterocycles. The molecule has 0 radical (unpaired) electrons. The van der Waals surface area contributed by atoms with Gasteiger partial charge in [-0.1, -0.05) is 44.2 Å². The quantitative estimate of drug-likeness (QED) is 0.294. The highest BCUT2D eigenvalue weighted by Gasteiger charge is 2.63. The first-order valence-corrected chi connectivity index (χ1v) is 20.8. The number of pyridine rings is 1. The van der Waals surface area contributed by atoms with E-state index >= 15 is 0 Å². The maximum absolute atomic E-state index is 14.7. The third-order valence-corrected chi connectivity index (χ3v) is 13.7. The Bertz CT molecular complexity index is 2030. The molecule has 1 aromatic carbocycles. The summed E-state index contributed by atoms with van der Waals surface area (Å²) in [5.74, 6) is -2.92. The van der Waals surface area contributed by atoms with E-state index in [1.54, 1.807) is 25.1 Å². The molecule has 3 heterocycles. The summed E-state index contributed by atoms with van der Waals surface area (Å²) < 4.78 is 84.2. The fourth-order valence-electron chi connectivity index (χ4n) is 7.65. The van der Waals surface area contributed by atoms with Crippen LogP contribution < -0.4 is 24.8 Å². The summed E-state index contributed by atoms with van der Waals surface area (Å²) in [6.07, 6.45) is -2.18. The maximum Gasteiger partial charge on any atom is 0.425 e. The van der Waals surface area contributed by atoms with Gasteiger partial charge < -0.3 is 29.7 Å². The molecule has 2 aromatic rings. The first-order chi connectivity index (χ1) is 26.8. The van der Waals surface area contributed by atoms with Crippen molar-refractivity contribution in [1.82, 2.24) is 25.2 Å². The first kappa shape index (κ1) is 42.0. The van der Waals surface area contributed by atoms with Crippen molar-refractivity contribution in [3.63, 3.8) is 0 Å². The molecule has 6 rings (SSSR count). The molecule has 1 saturated heterocycles. The molecule has 57 heavy (non-hydrogen) atoms. The fraction of sp³-hybridized carbons (Fsp3) is 0.615. The van der Waals surface area contributed by atoms with Crippen LogP contribution in [-0.4, -0.2) is 96.0 Å². The van der Waals surface area contributed by atoms with E-state index in [0.717, 1.165) is 0 Å². The average Bonchev–Trinajstić information content (AvgIpc) is 4.02. The fourth-order valence-corrected chi connectivity index (χ4v) is 8.96. The van der Waals surface area contributed by atoms with Crippen molar-refractivity contribution in [2.75, 3.05) is 13.2 Å². The molecule has 3 N–H and O–H groups in total. The highest BCUT2D eigenvalue weighted by atomic mass is 32.2. The van der Waals surface area contributed by atoms with Crippen LogP contribution in [0.25, 0.3) is 10.8 Å². The number of amides is 4. The van der Waals surface area contributed by atoms with Gasteiger partial charge in [-0.25, -0.2) is 18.2 Å². The summed E-state index contributed by atoms with van der Waals surface area (Å²) in [6, 6.07) is 4.48. The van der Waals surface area contributed by atoms with Crippen molar-refractivity contribution in [3.05, 3.63) is 42.6 Å². The Morgan fingerprint density at radius 1 is 1.12 bits per heavy atom. The van der Waals surface area contributed by atoms with Crippen LogP contribution in [0.4, 0.5) is 18.0 Å². The highest BCUT2D eigenvalue weighted by Crippen LogP contribution is 2.47. The normalized spacial score (nSPS) is 30.0. The third-order valence-electron chi connectivity index (χ3n) is 11.6. The summed E-state index contributed by atoms with van der Waals surface area (Å²) in [5.41, 5.74) is -1.64. The van der Waals surface area contributed by atoms with Gasteiger partial charge in [-0.2, -0.15) is 13.2 Å². The van der Waals surface area contributed by atoms with E-state index in [1.807, 2.05) is 32.1 Å². The number of rotatable bonds is 9. The van der Waals surface area contributed by atoms with Crippen molar-refractivity contribution in [1.29, 1.82) is 0 Å². The summed E-state index contributed by atoms with van der Waals surface area (Å²) >= 11 is 0.